The molecule has 0 saturated carbocycles. The molecule has 0 bridgehead atoms. The predicted molar refractivity (Wildman–Crippen MR) is 129 cm³/mol. The number of hydrogen-bond acceptors (Lipinski definition) is 4. The van der Waals surface area contributed by atoms with E-state index in [2.05, 4.69) is 5.10 Å². The fourth-order valence-electron chi connectivity index (χ4n) is 4.81. The molecule has 1 unspecified atom stereocenters. The number of halogens is 3. The Morgan fingerprint density at radius 3 is 2.09 bits per heavy atom. The standard InChI is InChI=1S/C27H35F3N2O2/c1-4-25(5-2,33-3)24-17-12-18-32(24)31-21-26(27(28,29)30,19-22-13-8-6-9-14-22)34-20-23-15-10-7-11-16-23/h6-11,13-16,21,24H,4-5,12,17-20H2,1-3H3/b31-21+/t24-,26?/m0/s1. The van der Waals surface area contributed by atoms with E-state index >= 15 is 0 Å². The summed E-state index contributed by atoms with van der Waals surface area (Å²) in [5.74, 6) is 0. The summed E-state index contributed by atoms with van der Waals surface area (Å²) in [7, 11) is 1.67. The molecule has 1 heterocycles. The molecule has 0 aromatic heterocycles. The maximum Gasteiger partial charge on any atom is 0.423 e. The number of rotatable bonds is 11. The zero-order valence-corrected chi connectivity index (χ0v) is 20.2. The normalized spacial score (nSPS) is 19.0. The zero-order chi connectivity index (χ0) is 24.7. The van der Waals surface area contributed by atoms with Crippen molar-refractivity contribution in [3.63, 3.8) is 0 Å². The lowest BCUT2D eigenvalue weighted by molar-refractivity contribution is -0.249. The van der Waals surface area contributed by atoms with Gasteiger partial charge in [0.1, 0.15) is 0 Å². The smallest absolute Gasteiger partial charge is 0.376 e. The highest BCUT2D eigenvalue weighted by Crippen LogP contribution is 2.38. The van der Waals surface area contributed by atoms with E-state index in [0.717, 1.165) is 31.9 Å². The lowest BCUT2D eigenvalue weighted by atomic mass is 9.87. The van der Waals surface area contributed by atoms with E-state index in [1.807, 2.05) is 19.9 Å². The van der Waals surface area contributed by atoms with Gasteiger partial charge in [0.15, 0.2) is 0 Å². The molecule has 3 rings (SSSR count). The monoisotopic (exact) mass is 476 g/mol. The van der Waals surface area contributed by atoms with E-state index in [-0.39, 0.29) is 19.1 Å². The van der Waals surface area contributed by atoms with E-state index in [1.165, 1.54) is 0 Å². The minimum Gasteiger partial charge on any atom is -0.376 e. The van der Waals surface area contributed by atoms with Crippen molar-refractivity contribution < 1.29 is 22.6 Å². The molecule has 0 spiro atoms. The highest BCUT2D eigenvalue weighted by atomic mass is 19.4. The van der Waals surface area contributed by atoms with Gasteiger partial charge in [-0.2, -0.15) is 18.3 Å². The lowest BCUT2D eigenvalue weighted by Crippen LogP contribution is -2.53. The first kappa shape index (κ1) is 26.2. The number of hydrogen-bond donors (Lipinski definition) is 0. The van der Waals surface area contributed by atoms with Gasteiger partial charge in [-0.25, -0.2) is 0 Å². The fraction of sp³-hybridized carbons (Fsp3) is 0.519. The van der Waals surface area contributed by atoms with Crippen LogP contribution in [0.25, 0.3) is 0 Å². The molecule has 1 fully saturated rings. The first-order chi connectivity index (χ1) is 16.3. The second-order valence-electron chi connectivity index (χ2n) is 8.87. The fourth-order valence-corrected chi connectivity index (χ4v) is 4.81. The van der Waals surface area contributed by atoms with Crippen LogP contribution in [-0.4, -0.2) is 48.3 Å². The van der Waals surface area contributed by atoms with Gasteiger partial charge in [0.2, 0.25) is 5.60 Å². The lowest BCUT2D eigenvalue weighted by Gasteiger charge is -2.40. The van der Waals surface area contributed by atoms with Crippen molar-refractivity contribution in [2.24, 2.45) is 5.10 Å². The molecular formula is C27H35F3N2O2. The molecule has 186 valence electrons. The van der Waals surface area contributed by atoms with Crippen LogP contribution in [0.1, 0.15) is 50.7 Å². The molecule has 2 atom stereocenters. The summed E-state index contributed by atoms with van der Waals surface area (Å²) in [6.07, 6.45) is -0.837. The summed E-state index contributed by atoms with van der Waals surface area (Å²) >= 11 is 0. The van der Waals surface area contributed by atoms with Crippen LogP contribution >= 0.6 is 0 Å². The van der Waals surface area contributed by atoms with Gasteiger partial charge in [0.25, 0.3) is 0 Å². The van der Waals surface area contributed by atoms with E-state index in [1.54, 1.807) is 66.7 Å². The Morgan fingerprint density at radius 2 is 1.56 bits per heavy atom. The van der Waals surface area contributed by atoms with E-state index in [4.69, 9.17) is 9.47 Å². The molecule has 2 aromatic rings. The molecule has 2 aromatic carbocycles. The quantitative estimate of drug-likeness (QED) is 0.352. The van der Waals surface area contributed by atoms with Crippen molar-refractivity contribution in [1.29, 1.82) is 0 Å². The van der Waals surface area contributed by atoms with Crippen molar-refractivity contribution in [2.45, 2.75) is 76.0 Å². The summed E-state index contributed by atoms with van der Waals surface area (Å²) < 4.78 is 55.7. The SMILES string of the molecule is CCC(CC)(OC)[C@@H]1CCCN1/N=C/C(Cc1ccccc1)(OCc1ccccc1)C(F)(F)F. The summed E-state index contributed by atoms with van der Waals surface area (Å²) in [5.41, 5.74) is -1.80. The highest BCUT2D eigenvalue weighted by molar-refractivity contribution is 5.71. The zero-order valence-electron chi connectivity index (χ0n) is 20.2. The Hall–Kier alpha value is -2.38. The summed E-state index contributed by atoms with van der Waals surface area (Å²) in [5, 5.41) is 6.22. The third-order valence-corrected chi connectivity index (χ3v) is 6.98. The van der Waals surface area contributed by atoms with Gasteiger partial charge in [0.05, 0.1) is 24.5 Å². The van der Waals surface area contributed by atoms with Crippen LogP contribution < -0.4 is 0 Å². The van der Waals surface area contributed by atoms with Crippen LogP contribution in [0.15, 0.2) is 65.8 Å². The third-order valence-electron chi connectivity index (χ3n) is 6.98. The summed E-state index contributed by atoms with van der Waals surface area (Å²) in [4.78, 5) is 0. The minimum atomic E-state index is -4.66. The first-order valence-corrected chi connectivity index (χ1v) is 11.9. The second-order valence-corrected chi connectivity index (χ2v) is 8.87. The highest BCUT2D eigenvalue weighted by Gasteiger charge is 2.56. The van der Waals surface area contributed by atoms with E-state index in [9.17, 15) is 13.2 Å². The molecule has 4 nitrogen and oxygen atoms in total. The Balaban J connectivity index is 1.96. The molecule has 1 aliphatic rings. The molecule has 0 aliphatic carbocycles. The second kappa shape index (κ2) is 11.4. The van der Waals surface area contributed by atoms with Crippen LogP contribution in [-0.2, 0) is 22.5 Å². The third kappa shape index (κ3) is 5.81. The minimum absolute atomic E-state index is 0.0828. The number of benzene rings is 2. The van der Waals surface area contributed by atoms with Crippen molar-refractivity contribution in [3.05, 3.63) is 71.8 Å². The van der Waals surface area contributed by atoms with Crippen molar-refractivity contribution >= 4 is 6.21 Å². The molecule has 0 amide bonds. The first-order valence-electron chi connectivity index (χ1n) is 11.9. The van der Waals surface area contributed by atoms with Gasteiger partial charge in [-0.1, -0.05) is 74.5 Å². The predicted octanol–water partition coefficient (Wildman–Crippen LogP) is 6.40. The van der Waals surface area contributed by atoms with Gasteiger partial charge >= 0.3 is 6.18 Å². The van der Waals surface area contributed by atoms with Crippen molar-refractivity contribution in [1.82, 2.24) is 5.01 Å². The molecule has 0 radical (unpaired) electrons. The molecule has 34 heavy (non-hydrogen) atoms. The topological polar surface area (TPSA) is 34.1 Å². The van der Waals surface area contributed by atoms with Crippen LogP contribution in [0.2, 0.25) is 0 Å². The number of hydrazone groups is 1. The summed E-state index contributed by atoms with van der Waals surface area (Å²) in [6, 6.07) is 17.4. The summed E-state index contributed by atoms with van der Waals surface area (Å²) in [6.45, 7) is 4.51. The van der Waals surface area contributed by atoms with Crippen LogP contribution in [0.4, 0.5) is 13.2 Å². The van der Waals surface area contributed by atoms with Crippen LogP contribution in [0, 0.1) is 0 Å². The average Bonchev–Trinajstić information content (AvgIpc) is 3.32. The van der Waals surface area contributed by atoms with E-state index < -0.39 is 17.4 Å². The largest absolute Gasteiger partial charge is 0.423 e. The maximum absolute atomic E-state index is 14.7. The van der Waals surface area contributed by atoms with Gasteiger partial charge in [0, 0.05) is 20.1 Å². The molecular weight excluding hydrogens is 441 g/mol. The number of methoxy groups -OCH3 is 1. The Bertz CT molecular complexity index is 893. The Morgan fingerprint density at radius 1 is 0.971 bits per heavy atom. The molecule has 1 aliphatic heterocycles. The Kier molecular flexibility index (Phi) is 8.77. The van der Waals surface area contributed by atoms with Crippen LogP contribution in [0.3, 0.4) is 0 Å². The molecule has 0 N–H and O–H groups in total. The van der Waals surface area contributed by atoms with E-state index in [0.29, 0.717) is 17.7 Å². The average molecular weight is 477 g/mol. The van der Waals surface area contributed by atoms with Crippen molar-refractivity contribution in [3.8, 4) is 0 Å². The molecule has 7 heteroatoms. The van der Waals surface area contributed by atoms with Gasteiger partial charge in [-0.15, -0.1) is 0 Å². The molecule has 1 saturated heterocycles. The number of nitrogens with zero attached hydrogens (tertiary/aromatic N) is 2. The van der Waals surface area contributed by atoms with Crippen LogP contribution in [0.5, 0.6) is 0 Å². The van der Waals surface area contributed by atoms with Gasteiger partial charge < -0.3 is 9.47 Å². The van der Waals surface area contributed by atoms with Gasteiger partial charge in [-0.05, 0) is 36.8 Å². The number of ether oxygens (including phenoxy) is 2. The Labute approximate surface area is 200 Å². The van der Waals surface area contributed by atoms with Crippen molar-refractivity contribution in [2.75, 3.05) is 13.7 Å². The number of alkyl halides is 3. The maximum atomic E-state index is 14.7. The van der Waals surface area contributed by atoms with Gasteiger partial charge in [-0.3, -0.25) is 5.01 Å².